The predicted octanol–water partition coefficient (Wildman–Crippen LogP) is 3.46. The summed E-state index contributed by atoms with van der Waals surface area (Å²) in [5.74, 6) is -0.696. The van der Waals surface area contributed by atoms with Gasteiger partial charge in [-0.3, -0.25) is 9.59 Å². The Balaban J connectivity index is 1.31. The summed E-state index contributed by atoms with van der Waals surface area (Å²) in [6.07, 6.45) is 4.21. The van der Waals surface area contributed by atoms with Crippen LogP contribution in [0.15, 0.2) is 63.6 Å². The van der Waals surface area contributed by atoms with Crippen molar-refractivity contribution in [1.82, 2.24) is 9.62 Å². The maximum Gasteiger partial charge on any atom is 0.243 e. The standard InChI is InChI=1S/C23H24ClN5O4S2/c24-17-6-4-5-16(13-17)15-25-28-23-27-22(31)20(34-23)14-21(30)26-18-7-9-19(10-8-18)35(32,33)29-11-2-1-3-12-29/h4-10,13,15,20H,1-3,11-12,14H2,(H,26,30)(H,27,28,31)/b25-15-/t20-/m0/s1. The van der Waals surface area contributed by atoms with Crippen LogP contribution in [0.4, 0.5) is 5.69 Å². The fourth-order valence-electron chi connectivity index (χ4n) is 3.67. The first-order valence-corrected chi connectivity index (χ1v) is 13.8. The summed E-state index contributed by atoms with van der Waals surface area (Å²) >= 11 is 7.05. The number of thioether (sulfide) groups is 1. The van der Waals surface area contributed by atoms with E-state index in [0.29, 0.717) is 29.0 Å². The van der Waals surface area contributed by atoms with Crippen LogP contribution in [-0.4, -0.2) is 54.3 Å². The quantitative estimate of drug-likeness (QED) is 0.417. The topological polar surface area (TPSA) is 120 Å². The van der Waals surface area contributed by atoms with Gasteiger partial charge in [0.2, 0.25) is 21.8 Å². The molecular weight excluding hydrogens is 510 g/mol. The van der Waals surface area contributed by atoms with Gasteiger partial charge >= 0.3 is 0 Å². The third-order valence-electron chi connectivity index (χ3n) is 5.44. The molecule has 0 unspecified atom stereocenters. The van der Waals surface area contributed by atoms with Gasteiger partial charge in [-0.1, -0.05) is 41.9 Å². The molecule has 2 heterocycles. The van der Waals surface area contributed by atoms with Crippen molar-refractivity contribution in [2.75, 3.05) is 18.4 Å². The molecule has 0 spiro atoms. The van der Waals surface area contributed by atoms with E-state index in [-0.39, 0.29) is 23.1 Å². The number of halogens is 1. The van der Waals surface area contributed by atoms with Crippen LogP contribution >= 0.6 is 23.4 Å². The molecule has 2 aromatic rings. The Kier molecular flexibility index (Phi) is 8.22. The highest BCUT2D eigenvalue weighted by Gasteiger charge is 2.32. The molecule has 0 aromatic heterocycles. The van der Waals surface area contributed by atoms with E-state index in [9.17, 15) is 18.0 Å². The van der Waals surface area contributed by atoms with Crippen LogP contribution < -0.4 is 10.6 Å². The van der Waals surface area contributed by atoms with Gasteiger partial charge in [0.1, 0.15) is 5.25 Å². The van der Waals surface area contributed by atoms with Gasteiger partial charge in [0.05, 0.1) is 11.1 Å². The number of hydrogen-bond acceptors (Lipinski definition) is 7. The Morgan fingerprint density at radius 1 is 1.17 bits per heavy atom. The minimum Gasteiger partial charge on any atom is -0.326 e. The second kappa shape index (κ2) is 11.3. The molecule has 0 aliphatic carbocycles. The summed E-state index contributed by atoms with van der Waals surface area (Å²) in [4.78, 5) is 24.9. The predicted molar refractivity (Wildman–Crippen MR) is 138 cm³/mol. The summed E-state index contributed by atoms with van der Waals surface area (Å²) in [7, 11) is -3.53. The molecule has 0 bridgehead atoms. The number of nitrogens with zero attached hydrogens (tertiary/aromatic N) is 3. The van der Waals surface area contributed by atoms with Crippen LogP contribution in [0.2, 0.25) is 5.02 Å². The van der Waals surface area contributed by atoms with E-state index in [1.54, 1.807) is 30.3 Å². The fourth-order valence-corrected chi connectivity index (χ4v) is 6.31. The summed E-state index contributed by atoms with van der Waals surface area (Å²) in [6, 6.07) is 13.2. The molecule has 2 amide bonds. The maximum absolute atomic E-state index is 12.8. The molecule has 2 fully saturated rings. The van der Waals surface area contributed by atoms with Crippen molar-refractivity contribution in [3.05, 3.63) is 59.1 Å². The first kappa shape index (κ1) is 25.4. The molecule has 2 aliphatic rings. The molecule has 0 radical (unpaired) electrons. The van der Waals surface area contributed by atoms with E-state index in [1.807, 2.05) is 6.07 Å². The van der Waals surface area contributed by atoms with Gasteiger partial charge in [0.25, 0.3) is 0 Å². The van der Waals surface area contributed by atoms with Crippen molar-refractivity contribution in [1.29, 1.82) is 0 Å². The highest BCUT2D eigenvalue weighted by molar-refractivity contribution is 8.15. The van der Waals surface area contributed by atoms with Crippen molar-refractivity contribution in [2.45, 2.75) is 35.8 Å². The monoisotopic (exact) mass is 533 g/mol. The third kappa shape index (κ3) is 6.69. The molecule has 1 atom stereocenters. The smallest absolute Gasteiger partial charge is 0.243 e. The van der Waals surface area contributed by atoms with Gasteiger partial charge < -0.3 is 10.6 Å². The first-order chi connectivity index (χ1) is 16.8. The normalized spacial score (nSPS) is 20.3. The van der Waals surface area contributed by atoms with Gasteiger partial charge in [-0.15, -0.1) is 5.10 Å². The van der Waals surface area contributed by atoms with Crippen LogP contribution in [0, 0.1) is 0 Å². The van der Waals surface area contributed by atoms with E-state index < -0.39 is 15.3 Å². The number of benzene rings is 2. The molecule has 184 valence electrons. The summed E-state index contributed by atoms with van der Waals surface area (Å²) in [5.41, 5.74) is 1.22. The lowest BCUT2D eigenvalue weighted by atomic mass is 10.2. The van der Waals surface area contributed by atoms with Crippen LogP contribution in [-0.2, 0) is 19.6 Å². The van der Waals surface area contributed by atoms with E-state index >= 15 is 0 Å². The van der Waals surface area contributed by atoms with Gasteiger partial charge in [-0.25, -0.2) is 8.42 Å². The largest absolute Gasteiger partial charge is 0.326 e. The fraction of sp³-hybridized carbons (Fsp3) is 0.304. The van der Waals surface area contributed by atoms with Gasteiger partial charge in [-0.2, -0.15) is 9.41 Å². The Bertz CT molecular complexity index is 1260. The molecule has 2 N–H and O–H groups in total. The Morgan fingerprint density at radius 2 is 1.91 bits per heavy atom. The SMILES string of the molecule is O=C(C[C@@H]1S/C(=N\N=C/c2cccc(Cl)c2)NC1=O)Nc1ccc(S(=O)(=O)N2CCCCC2)cc1. The number of carbonyl (C=O) groups excluding carboxylic acids is 2. The summed E-state index contributed by atoms with van der Waals surface area (Å²) in [5, 5.41) is 13.5. The molecule has 12 heteroatoms. The van der Waals surface area contributed by atoms with E-state index in [0.717, 1.165) is 36.6 Å². The number of rotatable bonds is 7. The number of amides is 2. The molecule has 4 rings (SSSR count). The lowest BCUT2D eigenvalue weighted by Crippen LogP contribution is -2.35. The zero-order chi connectivity index (χ0) is 24.8. The van der Waals surface area contributed by atoms with Crippen LogP contribution in [0.5, 0.6) is 0 Å². The number of nitrogens with one attached hydrogen (secondary N) is 2. The van der Waals surface area contributed by atoms with Crippen LogP contribution in [0.25, 0.3) is 0 Å². The molecule has 9 nitrogen and oxygen atoms in total. The van der Waals surface area contributed by atoms with E-state index in [4.69, 9.17) is 11.6 Å². The van der Waals surface area contributed by atoms with Gasteiger partial charge in [0, 0.05) is 30.2 Å². The van der Waals surface area contributed by atoms with Crippen molar-refractivity contribution < 1.29 is 18.0 Å². The number of piperidine rings is 1. The van der Waals surface area contributed by atoms with Crippen molar-refractivity contribution in [2.24, 2.45) is 10.2 Å². The zero-order valence-electron chi connectivity index (χ0n) is 18.7. The minimum absolute atomic E-state index is 0.0681. The molecule has 0 saturated carbocycles. The van der Waals surface area contributed by atoms with Gasteiger partial charge in [-0.05, 0) is 54.8 Å². The first-order valence-electron chi connectivity index (χ1n) is 11.1. The van der Waals surface area contributed by atoms with Crippen molar-refractivity contribution in [3.8, 4) is 0 Å². The Labute approximate surface area is 213 Å². The summed E-state index contributed by atoms with van der Waals surface area (Å²) < 4.78 is 27.0. The lowest BCUT2D eigenvalue weighted by molar-refractivity contribution is -0.122. The molecule has 2 saturated heterocycles. The summed E-state index contributed by atoms with van der Waals surface area (Å²) in [6.45, 7) is 1.05. The number of amidine groups is 1. The lowest BCUT2D eigenvalue weighted by Gasteiger charge is -2.25. The Hall–Kier alpha value is -2.73. The number of carbonyl (C=O) groups is 2. The number of anilines is 1. The van der Waals surface area contributed by atoms with Gasteiger partial charge in [0.15, 0.2) is 5.17 Å². The van der Waals surface area contributed by atoms with E-state index in [1.165, 1.54) is 22.7 Å². The Morgan fingerprint density at radius 3 is 2.63 bits per heavy atom. The highest BCUT2D eigenvalue weighted by atomic mass is 35.5. The van der Waals surface area contributed by atoms with Crippen molar-refractivity contribution >= 4 is 62.3 Å². The molecular formula is C23H24ClN5O4S2. The number of hydrogen-bond donors (Lipinski definition) is 2. The average Bonchev–Trinajstić information content (AvgIpc) is 3.18. The molecule has 35 heavy (non-hydrogen) atoms. The van der Waals surface area contributed by atoms with Crippen molar-refractivity contribution in [3.63, 3.8) is 0 Å². The maximum atomic E-state index is 12.8. The molecule has 2 aliphatic heterocycles. The zero-order valence-corrected chi connectivity index (χ0v) is 21.1. The highest BCUT2D eigenvalue weighted by Crippen LogP contribution is 2.24. The van der Waals surface area contributed by atoms with Crippen LogP contribution in [0.1, 0.15) is 31.2 Å². The minimum atomic E-state index is -3.53. The van der Waals surface area contributed by atoms with E-state index in [2.05, 4.69) is 20.8 Å². The number of sulfonamides is 1. The second-order valence-electron chi connectivity index (χ2n) is 8.04. The molecule has 2 aromatic carbocycles. The average molecular weight is 534 g/mol. The van der Waals surface area contributed by atoms with Crippen LogP contribution in [0.3, 0.4) is 0 Å². The second-order valence-corrected chi connectivity index (χ2v) is 11.6. The third-order valence-corrected chi connectivity index (χ3v) is 8.66.